The molecule has 1 rings (SSSR count). The monoisotopic (exact) mass is 272 g/mol. The molecule has 0 bridgehead atoms. The first-order valence-electron chi connectivity index (χ1n) is 7.25. The minimum atomic E-state index is -0.633. The molecule has 0 aliphatic carbocycles. The first-order valence-corrected chi connectivity index (χ1v) is 7.25. The SMILES string of the molecule is CCN(CC)C(=O)CC1CC(CCN)OC(C)(C)O1. The van der Waals surface area contributed by atoms with E-state index >= 15 is 0 Å². The zero-order valence-electron chi connectivity index (χ0n) is 12.6. The average molecular weight is 272 g/mol. The van der Waals surface area contributed by atoms with Gasteiger partial charge in [-0.05, 0) is 40.7 Å². The molecule has 112 valence electrons. The zero-order chi connectivity index (χ0) is 14.5. The molecule has 5 heteroatoms. The lowest BCUT2D eigenvalue weighted by Crippen LogP contribution is -2.47. The summed E-state index contributed by atoms with van der Waals surface area (Å²) < 4.78 is 11.7. The van der Waals surface area contributed by atoms with Gasteiger partial charge < -0.3 is 20.1 Å². The number of hydrogen-bond donors (Lipinski definition) is 1. The van der Waals surface area contributed by atoms with Gasteiger partial charge in [-0.2, -0.15) is 0 Å². The second-order valence-electron chi connectivity index (χ2n) is 5.46. The third kappa shape index (κ3) is 5.09. The summed E-state index contributed by atoms with van der Waals surface area (Å²) in [5.41, 5.74) is 5.59. The van der Waals surface area contributed by atoms with E-state index < -0.39 is 5.79 Å². The Morgan fingerprint density at radius 3 is 2.37 bits per heavy atom. The molecular formula is C14H28N2O3. The Balaban J connectivity index is 2.59. The summed E-state index contributed by atoms with van der Waals surface area (Å²) in [6, 6.07) is 0. The van der Waals surface area contributed by atoms with Gasteiger partial charge in [-0.15, -0.1) is 0 Å². The Kier molecular flexibility index (Phi) is 6.23. The van der Waals surface area contributed by atoms with Gasteiger partial charge in [-0.1, -0.05) is 0 Å². The van der Waals surface area contributed by atoms with Gasteiger partial charge in [-0.25, -0.2) is 0 Å². The molecule has 0 aromatic rings. The highest BCUT2D eigenvalue weighted by Crippen LogP contribution is 2.29. The summed E-state index contributed by atoms with van der Waals surface area (Å²) in [6.45, 7) is 9.86. The lowest BCUT2D eigenvalue weighted by atomic mass is 10.0. The van der Waals surface area contributed by atoms with Gasteiger partial charge in [0.05, 0.1) is 18.6 Å². The third-order valence-corrected chi connectivity index (χ3v) is 3.43. The second-order valence-corrected chi connectivity index (χ2v) is 5.46. The fourth-order valence-electron chi connectivity index (χ4n) is 2.61. The van der Waals surface area contributed by atoms with Crippen LogP contribution in [0.5, 0.6) is 0 Å². The highest BCUT2D eigenvalue weighted by molar-refractivity contribution is 5.76. The molecule has 2 atom stereocenters. The van der Waals surface area contributed by atoms with E-state index in [9.17, 15) is 4.79 Å². The summed E-state index contributed by atoms with van der Waals surface area (Å²) >= 11 is 0. The van der Waals surface area contributed by atoms with Crippen LogP contribution in [0.2, 0.25) is 0 Å². The summed E-state index contributed by atoms with van der Waals surface area (Å²) in [6.07, 6.45) is 1.99. The number of hydrogen-bond acceptors (Lipinski definition) is 4. The zero-order valence-corrected chi connectivity index (χ0v) is 12.6. The van der Waals surface area contributed by atoms with Gasteiger partial charge in [0, 0.05) is 19.5 Å². The predicted molar refractivity (Wildman–Crippen MR) is 74.7 cm³/mol. The van der Waals surface area contributed by atoms with Crippen LogP contribution in [0.15, 0.2) is 0 Å². The molecule has 1 aliphatic rings. The standard InChI is InChI=1S/C14H28N2O3/c1-5-16(6-2)13(17)10-12-9-11(7-8-15)18-14(3,4)19-12/h11-12H,5-10,15H2,1-4H3. The summed E-state index contributed by atoms with van der Waals surface area (Å²) in [5, 5.41) is 0. The molecule has 0 radical (unpaired) electrons. The van der Waals surface area contributed by atoms with Crippen molar-refractivity contribution in [1.82, 2.24) is 4.90 Å². The highest BCUT2D eigenvalue weighted by Gasteiger charge is 2.36. The Labute approximate surface area is 116 Å². The highest BCUT2D eigenvalue weighted by atomic mass is 16.7. The van der Waals surface area contributed by atoms with Crippen molar-refractivity contribution in [3.05, 3.63) is 0 Å². The maximum Gasteiger partial charge on any atom is 0.225 e. The molecule has 1 heterocycles. The Bertz CT molecular complexity index is 290. The van der Waals surface area contributed by atoms with E-state index in [-0.39, 0.29) is 18.1 Å². The molecule has 5 nitrogen and oxygen atoms in total. The van der Waals surface area contributed by atoms with Gasteiger partial charge in [0.25, 0.3) is 0 Å². The van der Waals surface area contributed by atoms with Crippen molar-refractivity contribution < 1.29 is 14.3 Å². The first kappa shape index (κ1) is 16.4. The van der Waals surface area contributed by atoms with Crippen LogP contribution >= 0.6 is 0 Å². The fraction of sp³-hybridized carbons (Fsp3) is 0.929. The van der Waals surface area contributed by atoms with Crippen molar-refractivity contribution in [3.8, 4) is 0 Å². The molecule has 1 saturated heterocycles. The minimum Gasteiger partial charge on any atom is -0.347 e. The van der Waals surface area contributed by atoms with Gasteiger partial charge in [0.15, 0.2) is 5.79 Å². The largest absolute Gasteiger partial charge is 0.347 e. The average Bonchev–Trinajstić information content (AvgIpc) is 2.28. The number of ether oxygens (including phenoxy) is 2. The van der Waals surface area contributed by atoms with Crippen LogP contribution in [0.1, 0.15) is 47.0 Å². The topological polar surface area (TPSA) is 64.8 Å². The molecule has 19 heavy (non-hydrogen) atoms. The minimum absolute atomic E-state index is 0.0756. The van der Waals surface area contributed by atoms with E-state index in [1.807, 2.05) is 32.6 Å². The number of nitrogens with two attached hydrogens (primary N) is 1. The van der Waals surface area contributed by atoms with Gasteiger partial charge in [0.2, 0.25) is 5.91 Å². The van der Waals surface area contributed by atoms with Crippen LogP contribution in [0, 0.1) is 0 Å². The summed E-state index contributed by atoms with van der Waals surface area (Å²) in [7, 11) is 0. The van der Waals surface area contributed by atoms with Gasteiger partial charge in [-0.3, -0.25) is 4.79 Å². The van der Waals surface area contributed by atoms with Crippen LogP contribution in [-0.2, 0) is 14.3 Å². The summed E-state index contributed by atoms with van der Waals surface area (Å²) in [5.74, 6) is -0.481. The van der Waals surface area contributed by atoms with Crippen LogP contribution in [0.4, 0.5) is 0 Å². The van der Waals surface area contributed by atoms with Crippen molar-refractivity contribution in [3.63, 3.8) is 0 Å². The first-order chi connectivity index (χ1) is 8.91. The number of nitrogens with zero attached hydrogens (tertiary/aromatic N) is 1. The Morgan fingerprint density at radius 1 is 1.26 bits per heavy atom. The van der Waals surface area contributed by atoms with Crippen molar-refractivity contribution in [1.29, 1.82) is 0 Å². The summed E-state index contributed by atoms with van der Waals surface area (Å²) in [4.78, 5) is 14.0. The van der Waals surface area contributed by atoms with Crippen molar-refractivity contribution in [2.24, 2.45) is 5.73 Å². The fourth-order valence-corrected chi connectivity index (χ4v) is 2.61. The van der Waals surface area contributed by atoms with Crippen LogP contribution in [-0.4, -0.2) is 48.4 Å². The van der Waals surface area contributed by atoms with Gasteiger partial charge in [0.1, 0.15) is 0 Å². The molecule has 2 N–H and O–H groups in total. The predicted octanol–water partition coefficient (Wildman–Crippen LogP) is 1.50. The molecule has 1 fully saturated rings. The molecule has 0 saturated carbocycles. The third-order valence-electron chi connectivity index (χ3n) is 3.43. The number of rotatable bonds is 6. The van der Waals surface area contributed by atoms with Gasteiger partial charge >= 0.3 is 0 Å². The molecule has 0 aromatic heterocycles. The van der Waals surface area contributed by atoms with Crippen LogP contribution in [0.25, 0.3) is 0 Å². The van der Waals surface area contributed by atoms with Crippen molar-refractivity contribution >= 4 is 5.91 Å². The molecule has 0 aromatic carbocycles. The maximum absolute atomic E-state index is 12.1. The molecule has 1 amide bonds. The second kappa shape index (κ2) is 7.22. The van der Waals surface area contributed by atoms with Crippen molar-refractivity contribution in [2.45, 2.75) is 65.0 Å². The smallest absolute Gasteiger partial charge is 0.225 e. The van der Waals surface area contributed by atoms with E-state index in [1.165, 1.54) is 0 Å². The Morgan fingerprint density at radius 2 is 1.84 bits per heavy atom. The quantitative estimate of drug-likeness (QED) is 0.796. The molecular weight excluding hydrogens is 244 g/mol. The van der Waals surface area contributed by atoms with E-state index in [2.05, 4.69) is 0 Å². The normalized spacial score (nSPS) is 26.2. The molecule has 2 unspecified atom stereocenters. The number of carbonyl (C=O) groups is 1. The van der Waals surface area contributed by atoms with E-state index in [4.69, 9.17) is 15.2 Å². The van der Waals surface area contributed by atoms with Crippen LogP contribution in [0.3, 0.4) is 0 Å². The number of carbonyl (C=O) groups excluding carboxylic acids is 1. The van der Waals surface area contributed by atoms with E-state index in [1.54, 1.807) is 0 Å². The molecule has 1 aliphatic heterocycles. The van der Waals surface area contributed by atoms with Crippen molar-refractivity contribution in [2.75, 3.05) is 19.6 Å². The van der Waals surface area contributed by atoms with Crippen LogP contribution < -0.4 is 5.73 Å². The van der Waals surface area contributed by atoms with E-state index in [0.717, 1.165) is 25.9 Å². The maximum atomic E-state index is 12.1. The Hall–Kier alpha value is -0.650. The number of amides is 1. The lowest BCUT2D eigenvalue weighted by molar-refractivity contribution is -0.299. The molecule has 0 spiro atoms. The van der Waals surface area contributed by atoms with E-state index in [0.29, 0.717) is 13.0 Å². The lowest BCUT2D eigenvalue weighted by Gasteiger charge is -2.41.